The second-order valence-corrected chi connectivity index (χ2v) is 7.94. The van der Waals surface area contributed by atoms with E-state index in [1.165, 1.54) is 13.2 Å². The van der Waals surface area contributed by atoms with Crippen molar-refractivity contribution in [2.75, 3.05) is 26.8 Å². The molecule has 0 bridgehead atoms. The number of carbonyl (C=O) groups excluding carboxylic acids is 2. The van der Waals surface area contributed by atoms with Crippen LogP contribution >= 0.6 is 0 Å². The van der Waals surface area contributed by atoms with E-state index < -0.39 is 17.7 Å². The molecule has 0 aromatic carbocycles. The van der Waals surface area contributed by atoms with Crippen LogP contribution in [0.5, 0.6) is 0 Å². The van der Waals surface area contributed by atoms with Gasteiger partial charge in [-0.2, -0.15) is 0 Å². The highest BCUT2D eigenvalue weighted by Gasteiger charge is 2.31. The number of likely N-dealkylation sites (tertiary alicyclic amines) is 1. The minimum Gasteiger partial charge on any atom is -0.496 e. The molecule has 0 radical (unpaired) electrons. The van der Waals surface area contributed by atoms with Gasteiger partial charge in [0.2, 0.25) is 0 Å². The maximum atomic E-state index is 12.6. The van der Waals surface area contributed by atoms with Crippen LogP contribution in [0.25, 0.3) is 0 Å². The first-order valence-corrected chi connectivity index (χ1v) is 10.3. The molecule has 6 heteroatoms. The first kappa shape index (κ1) is 26.0. The maximum Gasteiger partial charge on any atom is 0.410 e. The van der Waals surface area contributed by atoms with E-state index in [0.717, 1.165) is 22.3 Å². The smallest absolute Gasteiger partial charge is 0.410 e. The summed E-state index contributed by atoms with van der Waals surface area (Å²) in [6.07, 6.45) is 14.0. The molecule has 0 spiro atoms. The molecule has 1 saturated heterocycles. The molecule has 1 rings (SSSR count). The van der Waals surface area contributed by atoms with E-state index in [-0.39, 0.29) is 0 Å². The Hall–Kier alpha value is -3.02. The number of amides is 1. The fourth-order valence-electron chi connectivity index (χ4n) is 2.83. The zero-order valence-electron chi connectivity index (χ0n) is 19.7. The summed E-state index contributed by atoms with van der Waals surface area (Å²) in [6, 6.07) is 0. The Kier molecular flexibility index (Phi) is 10.6. The van der Waals surface area contributed by atoms with Crippen LogP contribution in [0.2, 0.25) is 0 Å². The predicted octanol–water partition coefficient (Wildman–Crippen LogP) is 5.26. The van der Waals surface area contributed by atoms with E-state index in [1.54, 1.807) is 17.2 Å². The summed E-state index contributed by atoms with van der Waals surface area (Å²) in [4.78, 5) is 25.9. The van der Waals surface area contributed by atoms with Gasteiger partial charge in [-0.1, -0.05) is 30.4 Å². The number of nitrogens with zero attached hydrogens (tertiary/aromatic N) is 1. The van der Waals surface area contributed by atoms with Crippen molar-refractivity contribution in [2.24, 2.45) is 0 Å². The molecule has 0 aliphatic carbocycles. The molecule has 1 fully saturated rings. The van der Waals surface area contributed by atoms with Crippen LogP contribution in [0.15, 0.2) is 71.1 Å². The minimum absolute atomic E-state index is 0.348. The lowest BCUT2D eigenvalue weighted by Gasteiger charge is -2.23. The Morgan fingerprint density at radius 1 is 1.00 bits per heavy atom. The van der Waals surface area contributed by atoms with Crippen molar-refractivity contribution in [3.8, 4) is 0 Å². The Labute approximate surface area is 186 Å². The Morgan fingerprint density at radius 3 is 2.23 bits per heavy atom. The summed E-state index contributed by atoms with van der Waals surface area (Å²) in [5, 5.41) is 0. The van der Waals surface area contributed by atoms with Gasteiger partial charge in [-0.05, 0) is 64.3 Å². The fraction of sp³-hybridized carbons (Fsp3) is 0.440. The number of hydrogen-bond donors (Lipinski definition) is 0. The number of rotatable bonds is 7. The van der Waals surface area contributed by atoms with Crippen LogP contribution < -0.4 is 0 Å². The summed E-state index contributed by atoms with van der Waals surface area (Å²) < 4.78 is 16.1. The van der Waals surface area contributed by atoms with Gasteiger partial charge < -0.3 is 14.2 Å². The zero-order chi connectivity index (χ0) is 23.4. The van der Waals surface area contributed by atoms with Crippen molar-refractivity contribution in [1.82, 2.24) is 4.90 Å². The Balaban J connectivity index is 3.28. The molecule has 1 aliphatic heterocycles. The predicted molar refractivity (Wildman–Crippen MR) is 123 cm³/mol. The highest BCUT2D eigenvalue weighted by Crippen LogP contribution is 2.28. The summed E-state index contributed by atoms with van der Waals surface area (Å²) in [5.74, 6) is -0.449. The molecule has 0 aromatic rings. The van der Waals surface area contributed by atoms with E-state index in [0.29, 0.717) is 19.7 Å². The third-order valence-electron chi connectivity index (χ3n) is 4.27. The number of allylic oxidation sites excluding steroid dienone is 6. The topological polar surface area (TPSA) is 65.1 Å². The zero-order valence-corrected chi connectivity index (χ0v) is 19.7. The van der Waals surface area contributed by atoms with Crippen LogP contribution in [-0.2, 0) is 19.0 Å². The Morgan fingerprint density at radius 2 is 1.68 bits per heavy atom. The first-order chi connectivity index (χ1) is 14.6. The monoisotopic (exact) mass is 429 g/mol. The highest BCUT2D eigenvalue weighted by molar-refractivity contribution is 5.82. The lowest BCUT2D eigenvalue weighted by molar-refractivity contribution is -0.134. The SMILES string of the molecule is C\C=C/C(/C=C/C(=O)OC)=C1/CN(C(=O)OC(C)(C)C)C/C1=C\OCC(/C=C\C)=C/C. The molecule has 0 saturated carbocycles. The summed E-state index contributed by atoms with van der Waals surface area (Å²) in [5.41, 5.74) is 3.00. The van der Waals surface area contributed by atoms with E-state index >= 15 is 0 Å². The molecule has 0 N–H and O–H groups in total. The molecule has 1 aliphatic rings. The number of methoxy groups -OCH3 is 1. The van der Waals surface area contributed by atoms with Gasteiger partial charge in [0.05, 0.1) is 26.5 Å². The molecular formula is C25H35NO5. The van der Waals surface area contributed by atoms with Crippen molar-refractivity contribution in [3.63, 3.8) is 0 Å². The quantitative estimate of drug-likeness (QED) is 0.239. The third kappa shape index (κ3) is 9.11. The summed E-state index contributed by atoms with van der Waals surface area (Å²) in [6.45, 7) is 12.4. The van der Waals surface area contributed by atoms with Gasteiger partial charge in [0, 0.05) is 11.6 Å². The molecule has 0 atom stereocenters. The van der Waals surface area contributed by atoms with Crippen molar-refractivity contribution >= 4 is 12.1 Å². The van der Waals surface area contributed by atoms with Gasteiger partial charge >= 0.3 is 12.1 Å². The molecule has 170 valence electrons. The van der Waals surface area contributed by atoms with E-state index in [1.807, 2.05) is 71.9 Å². The molecule has 1 heterocycles. The largest absolute Gasteiger partial charge is 0.496 e. The first-order valence-electron chi connectivity index (χ1n) is 10.3. The second-order valence-electron chi connectivity index (χ2n) is 7.94. The second kappa shape index (κ2) is 12.6. The van der Waals surface area contributed by atoms with Gasteiger partial charge in [-0.3, -0.25) is 4.90 Å². The molecule has 0 aromatic heterocycles. The van der Waals surface area contributed by atoms with Crippen molar-refractivity contribution < 1.29 is 23.8 Å². The molecular weight excluding hydrogens is 394 g/mol. The highest BCUT2D eigenvalue weighted by atomic mass is 16.6. The van der Waals surface area contributed by atoms with Gasteiger partial charge in [-0.25, -0.2) is 9.59 Å². The normalized spacial score (nSPS) is 18.5. The number of hydrogen-bond acceptors (Lipinski definition) is 5. The fourth-order valence-corrected chi connectivity index (χ4v) is 2.83. The average Bonchev–Trinajstić information content (AvgIpc) is 3.13. The van der Waals surface area contributed by atoms with Crippen LogP contribution in [0, 0.1) is 0 Å². The molecule has 31 heavy (non-hydrogen) atoms. The minimum atomic E-state index is -0.589. The van der Waals surface area contributed by atoms with Crippen LogP contribution in [0.3, 0.4) is 0 Å². The summed E-state index contributed by atoms with van der Waals surface area (Å²) >= 11 is 0. The Bertz CT molecular complexity index is 819. The van der Waals surface area contributed by atoms with E-state index in [9.17, 15) is 9.59 Å². The standard InChI is InChI=1S/C25H35NO5/c1-8-11-19(10-3)17-30-18-21-15-26(24(28)31-25(4,5)6)16-22(21)20(12-9-2)13-14-23(27)29-7/h8-14,18H,15-17H2,1-7H3/b11-8-,12-9-,14-13+,19-10+,21-18+,22-20+. The van der Waals surface area contributed by atoms with Gasteiger partial charge in [-0.15, -0.1) is 0 Å². The molecule has 6 nitrogen and oxygen atoms in total. The van der Waals surface area contributed by atoms with E-state index in [4.69, 9.17) is 14.2 Å². The number of ether oxygens (including phenoxy) is 3. The number of carbonyl (C=O) groups is 2. The van der Waals surface area contributed by atoms with Crippen LogP contribution in [-0.4, -0.2) is 49.4 Å². The van der Waals surface area contributed by atoms with Crippen LogP contribution in [0.1, 0.15) is 41.5 Å². The van der Waals surface area contributed by atoms with Gasteiger partial charge in [0.1, 0.15) is 12.2 Å². The lowest BCUT2D eigenvalue weighted by Crippen LogP contribution is -2.35. The number of esters is 1. The lowest BCUT2D eigenvalue weighted by atomic mass is 10.0. The van der Waals surface area contributed by atoms with Crippen molar-refractivity contribution in [3.05, 3.63) is 71.1 Å². The van der Waals surface area contributed by atoms with E-state index in [2.05, 4.69) is 0 Å². The van der Waals surface area contributed by atoms with Crippen molar-refractivity contribution in [2.45, 2.75) is 47.1 Å². The van der Waals surface area contributed by atoms with Gasteiger partial charge in [0.25, 0.3) is 0 Å². The third-order valence-corrected chi connectivity index (χ3v) is 4.27. The van der Waals surface area contributed by atoms with Crippen molar-refractivity contribution in [1.29, 1.82) is 0 Å². The summed E-state index contributed by atoms with van der Waals surface area (Å²) in [7, 11) is 1.33. The van der Waals surface area contributed by atoms with Gasteiger partial charge in [0.15, 0.2) is 0 Å². The maximum absolute atomic E-state index is 12.6. The average molecular weight is 430 g/mol. The molecule has 1 amide bonds. The molecule has 0 unspecified atom stereocenters. The van der Waals surface area contributed by atoms with Crippen LogP contribution in [0.4, 0.5) is 4.79 Å².